The van der Waals surface area contributed by atoms with E-state index in [2.05, 4.69) is 5.16 Å². The molecule has 0 amide bonds. The summed E-state index contributed by atoms with van der Waals surface area (Å²) in [5.41, 5.74) is 1.61. The number of nitrogens with zero attached hydrogens (tertiary/aromatic N) is 1. The molecule has 116 valence electrons. The van der Waals surface area contributed by atoms with Crippen LogP contribution in [-0.2, 0) is 11.3 Å². The van der Waals surface area contributed by atoms with Crippen LogP contribution in [0.3, 0.4) is 0 Å². The van der Waals surface area contributed by atoms with Gasteiger partial charge in [-0.1, -0.05) is 46.6 Å². The molecule has 23 heavy (non-hydrogen) atoms. The second kappa shape index (κ2) is 6.86. The van der Waals surface area contributed by atoms with Crippen molar-refractivity contribution < 1.29 is 14.1 Å². The molecule has 0 aliphatic heterocycles. The van der Waals surface area contributed by atoms with Crippen molar-refractivity contribution in [3.63, 3.8) is 0 Å². The molecule has 0 fully saturated rings. The van der Waals surface area contributed by atoms with Crippen LogP contribution in [0.5, 0.6) is 0 Å². The lowest BCUT2D eigenvalue weighted by Crippen LogP contribution is -2.05. The number of esters is 1. The van der Waals surface area contributed by atoms with Crippen LogP contribution in [-0.4, -0.2) is 11.1 Å². The average Bonchev–Trinajstić information content (AvgIpc) is 3.02. The van der Waals surface area contributed by atoms with Gasteiger partial charge in [-0.3, -0.25) is 0 Å². The van der Waals surface area contributed by atoms with Gasteiger partial charge in [-0.2, -0.15) is 0 Å². The molecule has 3 aromatic rings. The summed E-state index contributed by atoms with van der Waals surface area (Å²) in [4.78, 5) is 11.9. The highest BCUT2D eigenvalue weighted by molar-refractivity contribution is 6.33. The topological polar surface area (TPSA) is 52.3 Å². The summed E-state index contributed by atoms with van der Waals surface area (Å²) in [5, 5.41) is 4.92. The van der Waals surface area contributed by atoms with Crippen molar-refractivity contribution in [1.29, 1.82) is 0 Å². The van der Waals surface area contributed by atoms with Crippen molar-refractivity contribution in [3.8, 4) is 11.3 Å². The first-order valence-corrected chi connectivity index (χ1v) is 7.52. The maximum Gasteiger partial charge on any atom is 0.338 e. The zero-order valence-corrected chi connectivity index (χ0v) is 13.3. The predicted molar refractivity (Wildman–Crippen MR) is 87.5 cm³/mol. The largest absolute Gasteiger partial charge is 0.455 e. The molecule has 0 N–H and O–H groups in total. The van der Waals surface area contributed by atoms with Crippen molar-refractivity contribution >= 4 is 29.2 Å². The van der Waals surface area contributed by atoms with E-state index in [4.69, 9.17) is 32.5 Å². The van der Waals surface area contributed by atoms with Crippen LogP contribution in [0, 0.1) is 0 Å². The summed E-state index contributed by atoms with van der Waals surface area (Å²) in [5.74, 6) is 0.0409. The van der Waals surface area contributed by atoms with Crippen LogP contribution in [0.2, 0.25) is 10.0 Å². The minimum atomic E-state index is -0.477. The quantitative estimate of drug-likeness (QED) is 0.622. The van der Waals surface area contributed by atoms with E-state index >= 15 is 0 Å². The molecule has 6 heteroatoms. The normalized spacial score (nSPS) is 10.5. The molecule has 0 saturated heterocycles. The molecule has 0 aliphatic rings. The molecule has 4 nitrogen and oxygen atoms in total. The van der Waals surface area contributed by atoms with Gasteiger partial charge in [0.15, 0.2) is 5.76 Å². The highest BCUT2D eigenvalue weighted by atomic mass is 35.5. The Balaban J connectivity index is 1.68. The van der Waals surface area contributed by atoms with Gasteiger partial charge >= 0.3 is 5.97 Å². The number of halogens is 2. The van der Waals surface area contributed by atoms with Gasteiger partial charge in [0, 0.05) is 16.7 Å². The van der Waals surface area contributed by atoms with E-state index < -0.39 is 5.97 Å². The lowest BCUT2D eigenvalue weighted by atomic mass is 10.1. The van der Waals surface area contributed by atoms with Crippen LogP contribution in [0.25, 0.3) is 11.3 Å². The van der Waals surface area contributed by atoms with Crippen molar-refractivity contribution in [1.82, 2.24) is 5.16 Å². The fourth-order valence-electron chi connectivity index (χ4n) is 2.01. The van der Waals surface area contributed by atoms with Gasteiger partial charge in [-0.05, 0) is 30.3 Å². The number of ether oxygens (including phenoxy) is 1. The third kappa shape index (κ3) is 3.73. The van der Waals surface area contributed by atoms with Gasteiger partial charge in [0.05, 0.1) is 10.6 Å². The molecule has 1 aromatic heterocycles. The molecule has 1 heterocycles. The first-order chi connectivity index (χ1) is 11.1. The van der Waals surface area contributed by atoms with Gasteiger partial charge in [-0.15, -0.1) is 0 Å². The lowest BCUT2D eigenvalue weighted by Gasteiger charge is -2.02. The molecule has 0 aliphatic carbocycles. The fraction of sp³-hybridized carbons (Fsp3) is 0.0588. The standard InChI is InChI=1S/C17H11Cl2NO3/c18-12-5-3-4-11(8-12)17(21)22-10-13-9-16(23-20-13)14-6-1-2-7-15(14)19/h1-9H,10H2. The molecule has 0 unspecified atom stereocenters. The summed E-state index contributed by atoms with van der Waals surface area (Å²) >= 11 is 11.9. The van der Waals surface area contributed by atoms with Gasteiger partial charge in [0.2, 0.25) is 0 Å². The molecule has 2 aromatic carbocycles. The summed E-state index contributed by atoms with van der Waals surface area (Å²) in [6.45, 7) is -0.000695. The zero-order valence-electron chi connectivity index (χ0n) is 11.8. The highest BCUT2D eigenvalue weighted by Gasteiger charge is 2.12. The Hall–Kier alpha value is -2.30. The number of hydrogen-bond acceptors (Lipinski definition) is 4. The Kier molecular flexibility index (Phi) is 4.65. The van der Waals surface area contributed by atoms with Gasteiger partial charge in [0.25, 0.3) is 0 Å². The Labute approximate surface area is 142 Å². The van der Waals surface area contributed by atoms with E-state index in [1.54, 1.807) is 36.4 Å². The number of carbonyl (C=O) groups is 1. The second-order valence-electron chi connectivity index (χ2n) is 4.75. The third-order valence-electron chi connectivity index (χ3n) is 3.11. The molecule has 0 radical (unpaired) electrons. The lowest BCUT2D eigenvalue weighted by molar-refractivity contribution is 0.0464. The SMILES string of the molecule is O=C(OCc1cc(-c2ccccc2Cl)on1)c1cccc(Cl)c1. The van der Waals surface area contributed by atoms with Crippen molar-refractivity contribution in [2.45, 2.75) is 6.61 Å². The molecule has 0 saturated carbocycles. The van der Waals surface area contributed by atoms with E-state index in [0.29, 0.717) is 27.1 Å². The van der Waals surface area contributed by atoms with Gasteiger partial charge in [0.1, 0.15) is 12.3 Å². The van der Waals surface area contributed by atoms with Crippen LogP contribution in [0.1, 0.15) is 16.1 Å². The van der Waals surface area contributed by atoms with E-state index in [9.17, 15) is 4.79 Å². The Bertz CT molecular complexity index is 845. The molecule has 0 spiro atoms. The molecule has 0 bridgehead atoms. The zero-order chi connectivity index (χ0) is 16.2. The second-order valence-corrected chi connectivity index (χ2v) is 5.59. The van der Waals surface area contributed by atoms with Gasteiger partial charge in [-0.25, -0.2) is 4.79 Å². The minimum absolute atomic E-state index is 0.000695. The summed E-state index contributed by atoms with van der Waals surface area (Å²) in [6.07, 6.45) is 0. The number of carbonyl (C=O) groups excluding carboxylic acids is 1. The van der Waals surface area contributed by atoms with Crippen LogP contribution in [0.15, 0.2) is 59.1 Å². The Morgan fingerprint density at radius 1 is 1.09 bits per heavy atom. The first kappa shape index (κ1) is 15.6. The van der Waals surface area contributed by atoms with Crippen molar-refractivity contribution in [3.05, 3.63) is 75.9 Å². The number of benzene rings is 2. The summed E-state index contributed by atoms with van der Waals surface area (Å²) in [6, 6.07) is 15.5. The number of rotatable bonds is 4. The van der Waals surface area contributed by atoms with E-state index in [1.807, 2.05) is 18.2 Å². The third-order valence-corrected chi connectivity index (χ3v) is 3.67. The Morgan fingerprint density at radius 2 is 1.91 bits per heavy atom. The van der Waals surface area contributed by atoms with Crippen LogP contribution in [0.4, 0.5) is 0 Å². The van der Waals surface area contributed by atoms with Crippen LogP contribution >= 0.6 is 23.2 Å². The molecule has 3 rings (SSSR count). The molecular weight excluding hydrogens is 337 g/mol. The molecule has 0 atom stereocenters. The fourth-order valence-corrected chi connectivity index (χ4v) is 2.43. The van der Waals surface area contributed by atoms with Gasteiger partial charge < -0.3 is 9.26 Å². The average molecular weight is 348 g/mol. The van der Waals surface area contributed by atoms with E-state index in [0.717, 1.165) is 5.56 Å². The maximum absolute atomic E-state index is 11.9. The first-order valence-electron chi connectivity index (χ1n) is 6.76. The minimum Gasteiger partial charge on any atom is -0.455 e. The Morgan fingerprint density at radius 3 is 2.70 bits per heavy atom. The monoisotopic (exact) mass is 347 g/mol. The van der Waals surface area contributed by atoms with Crippen molar-refractivity contribution in [2.75, 3.05) is 0 Å². The molecular formula is C17H11Cl2NO3. The summed E-state index contributed by atoms with van der Waals surface area (Å²) in [7, 11) is 0. The smallest absolute Gasteiger partial charge is 0.338 e. The predicted octanol–water partition coefficient (Wildman–Crippen LogP) is 5.01. The highest BCUT2D eigenvalue weighted by Crippen LogP contribution is 2.28. The summed E-state index contributed by atoms with van der Waals surface area (Å²) < 4.78 is 10.4. The maximum atomic E-state index is 11.9. The van der Waals surface area contributed by atoms with Crippen LogP contribution < -0.4 is 0 Å². The number of aromatic nitrogens is 1. The van der Waals surface area contributed by atoms with E-state index in [-0.39, 0.29) is 6.61 Å². The van der Waals surface area contributed by atoms with Crippen molar-refractivity contribution in [2.24, 2.45) is 0 Å². The van der Waals surface area contributed by atoms with E-state index in [1.165, 1.54) is 0 Å². The number of hydrogen-bond donors (Lipinski definition) is 0.